The van der Waals surface area contributed by atoms with E-state index < -0.39 is 0 Å². The Morgan fingerprint density at radius 2 is 1.96 bits per heavy atom. The highest BCUT2D eigenvalue weighted by atomic mass is 15.2. The first-order valence-corrected chi connectivity index (χ1v) is 8.45. The van der Waals surface area contributed by atoms with Gasteiger partial charge in [0.05, 0.1) is 0 Å². The summed E-state index contributed by atoms with van der Waals surface area (Å²) in [4.78, 5) is 10.2. The zero-order chi connectivity index (χ0) is 16.5. The Morgan fingerprint density at radius 1 is 1.17 bits per heavy atom. The molecule has 0 amide bonds. The van der Waals surface area contributed by atoms with E-state index in [-0.39, 0.29) is 0 Å². The Labute approximate surface area is 141 Å². The number of hydrogen-bond acceptors (Lipinski definition) is 3. The van der Waals surface area contributed by atoms with Crippen LogP contribution in [0.25, 0.3) is 10.9 Å². The summed E-state index contributed by atoms with van der Waals surface area (Å²) in [5.41, 5.74) is 4.12. The third-order valence-corrected chi connectivity index (χ3v) is 5.07. The third kappa shape index (κ3) is 2.52. The predicted molar refractivity (Wildman–Crippen MR) is 96.2 cm³/mol. The van der Waals surface area contributed by atoms with E-state index in [4.69, 9.17) is 0 Å². The predicted octanol–water partition coefficient (Wildman–Crippen LogP) is 4.13. The second-order valence-corrected chi connectivity index (χ2v) is 6.50. The minimum atomic E-state index is 0.534. The van der Waals surface area contributed by atoms with Crippen molar-refractivity contribution in [3.63, 3.8) is 0 Å². The summed E-state index contributed by atoms with van der Waals surface area (Å²) in [7, 11) is 0. The minimum Gasteiger partial charge on any atom is -0.361 e. The van der Waals surface area contributed by atoms with Crippen LogP contribution in [0, 0.1) is 18.3 Å². The van der Waals surface area contributed by atoms with Crippen LogP contribution in [0.3, 0.4) is 0 Å². The number of aryl methyl sites for hydroxylation is 1. The highest BCUT2D eigenvalue weighted by Crippen LogP contribution is 2.34. The Bertz CT molecular complexity index is 911. The summed E-state index contributed by atoms with van der Waals surface area (Å²) in [5.74, 6) is 1.51. The van der Waals surface area contributed by atoms with E-state index in [1.165, 1.54) is 16.5 Å². The molecule has 0 aliphatic carbocycles. The van der Waals surface area contributed by atoms with Crippen molar-refractivity contribution < 1.29 is 0 Å². The Morgan fingerprint density at radius 3 is 2.75 bits per heavy atom. The normalized spacial score (nSPS) is 15.6. The number of anilines is 1. The largest absolute Gasteiger partial charge is 0.361 e. The van der Waals surface area contributed by atoms with Crippen LogP contribution in [-0.4, -0.2) is 23.1 Å². The Balaban J connectivity index is 1.52. The first kappa shape index (κ1) is 14.8. The fraction of sp³-hybridized carbons (Fsp3) is 0.300. The summed E-state index contributed by atoms with van der Waals surface area (Å²) in [6.07, 6.45) is 4.39. The Kier molecular flexibility index (Phi) is 3.70. The molecule has 3 aromatic rings. The van der Waals surface area contributed by atoms with Gasteiger partial charge in [-0.1, -0.05) is 24.3 Å². The molecule has 4 nitrogen and oxygen atoms in total. The fourth-order valence-corrected chi connectivity index (χ4v) is 3.66. The molecule has 120 valence electrons. The highest BCUT2D eigenvalue weighted by molar-refractivity contribution is 5.83. The number of piperidine rings is 1. The van der Waals surface area contributed by atoms with Crippen molar-refractivity contribution in [1.29, 1.82) is 5.26 Å². The van der Waals surface area contributed by atoms with Gasteiger partial charge in [-0.25, -0.2) is 4.98 Å². The quantitative estimate of drug-likeness (QED) is 0.773. The minimum absolute atomic E-state index is 0.534. The van der Waals surface area contributed by atoms with Crippen LogP contribution in [0.4, 0.5) is 5.82 Å². The van der Waals surface area contributed by atoms with Gasteiger partial charge in [0, 0.05) is 30.2 Å². The van der Waals surface area contributed by atoms with Gasteiger partial charge in [0.2, 0.25) is 0 Å². The molecule has 4 rings (SSSR count). The van der Waals surface area contributed by atoms with Crippen molar-refractivity contribution in [3.05, 3.63) is 59.4 Å². The molecule has 0 spiro atoms. The van der Waals surface area contributed by atoms with Crippen LogP contribution < -0.4 is 4.90 Å². The number of nitriles is 1. The summed E-state index contributed by atoms with van der Waals surface area (Å²) in [6.45, 7) is 3.88. The number of H-pyrrole nitrogens is 1. The van der Waals surface area contributed by atoms with E-state index in [2.05, 4.69) is 51.4 Å². The maximum absolute atomic E-state index is 9.17. The molecule has 1 aromatic carbocycles. The standard InChI is InChI=1S/C20H20N4/c1-14-6-7-20(23-19(14)12-21)24-10-8-15(9-11-24)17-13-22-18-5-3-2-4-16(17)18/h2-7,13,15,22H,8-11H2,1H3. The van der Waals surface area contributed by atoms with E-state index in [1.54, 1.807) is 0 Å². The summed E-state index contributed by atoms with van der Waals surface area (Å²) >= 11 is 0. The smallest absolute Gasteiger partial charge is 0.145 e. The topological polar surface area (TPSA) is 55.7 Å². The molecule has 0 saturated carbocycles. The average molecular weight is 316 g/mol. The van der Waals surface area contributed by atoms with Crippen molar-refractivity contribution in [2.24, 2.45) is 0 Å². The van der Waals surface area contributed by atoms with Gasteiger partial charge in [0.1, 0.15) is 17.6 Å². The second kappa shape index (κ2) is 6.01. The molecule has 1 aliphatic rings. The number of fused-ring (bicyclic) bond motifs is 1. The molecule has 0 unspecified atom stereocenters. The molecule has 2 aromatic heterocycles. The lowest BCUT2D eigenvalue weighted by atomic mass is 9.89. The molecular weight excluding hydrogens is 296 g/mol. The van der Waals surface area contributed by atoms with Gasteiger partial charge in [-0.3, -0.25) is 0 Å². The van der Waals surface area contributed by atoms with Gasteiger partial charge in [0.15, 0.2) is 0 Å². The molecule has 4 heteroatoms. The fourth-order valence-electron chi connectivity index (χ4n) is 3.66. The number of hydrogen-bond donors (Lipinski definition) is 1. The van der Waals surface area contributed by atoms with Gasteiger partial charge in [0.25, 0.3) is 0 Å². The van der Waals surface area contributed by atoms with Crippen molar-refractivity contribution >= 4 is 16.7 Å². The van der Waals surface area contributed by atoms with E-state index in [0.29, 0.717) is 11.6 Å². The number of nitrogens with zero attached hydrogens (tertiary/aromatic N) is 3. The van der Waals surface area contributed by atoms with Crippen LogP contribution in [0.5, 0.6) is 0 Å². The van der Waals surface area contributed by atoms with Gasteiger partial charge < -0.3 is 9.88 Å². The van der Waals surface area contributed by atoms with E-state index in [9.17, 15) is 5.26 Å². The van der Waals surface area contributed by atoms with E-state index >= 15 is 0 Å². The molecule has 1 fully saturated rings. The molecule has 1 aliphatic heterocycles. The maximum Gasteiger partial charge on any atom is 0.145 e. The number of rotatable bonds is 2. The first-order chi connectivity index (χ1) is 11.8. The number of benzene rings is 1. The molecule has 1 N–H and O–H groups in total. The molecule has 24 heavy (non-hydrogen) atoms. The van der Waals surface area contributed by atoms with Crippen molar-refractivity contribution in [2.75, 3.05) is 18.0 Å². The SMILES string of the molecule is Cc1ccc(N2CCC(c3c[nH]c4ccccc34)CC2)nc1C#N. The van der Waals surface area contributed by atoms with Crippen LogP contribution in [-0.2, 0) is 0 Å². The summed E-state index contributed by atoms with van der Waals surface area (Å²) in [5, 5.41) is 10.5. The van der Waals surface area contributed by atoms with Gasteiger partial charge in [-0.2, -0.15) is 5.26 Å². The zero-order valence-corrected chi connectivity index (χ0v) is 13.8. The maximum atomic E-state index is 9.17. The van der Waals surface area contributed by atoms with Crippen LogP contribution in [0.15, 0.2) is 42.6 Å². The Hall–Kier alpha value is -2.80. The third-order valence-electron chi connectivity index (χ3n) is 5.07. The lowest BCUT2D eigenvalue weighted by Gasteiger charge is -2.33. The lowest BCUT2D eigenvalue weighted by molar-refractivity contribution is 0.505. The van der Waals surface area contributed by atoms with E-state index in [1.807, 2.05) is 19.1 Å². The summed E-state index contributed by atoms with van der Waals surface area (Å²) < 4.78 is 0. The van der Waals surface area contributed by atoms with Gasteiger partial charge in [-0.15, -0.1) is 0 Å². The number of aromatic nitrogens is 2. The van der Waals surface area contributed by atoms with Gasteiger partial charge >= 0.3 is 0 Å². The number of para-hydroxylation sites is 1. The van der Waals surface area contributed by atoms with Crippen LogP contribution in [0.1, 0.15) is 35.6 Å². The number of nitrogens with one attached hydrogen (secondary N) is 1. The molecule has 0 radical (unpaired) electrons. The molecule has 3 heterocycles. The number of aromatic amines is 1. The van der Waals surface area contributed by atoms with Crippen LogP contribution >= 0.6 is 0 Å². The molecular formula is C20H20N4. The highest BCUT2D eigenvalue weighted by Gasteiger charge is 2.23. The lowest BCUT2D eigenvalue weighted by Crippen LogP contribution is -2.33. The average Bonchev–Trinajstić information content (AvgIpc) is 3.06. The zero-order valence-electron chi connectivity index (χ0n) is 13.8. The van der Waals surface area contributed by atoms with Crippen molar-refractivity contribution in [3.8, 4) is 6.07 Å². The number of pyridine rings is 1. The summed E-state index contributed by atoms with van der Waals surface area (Å²) in [6, 6.07) is 14.7. The molecule has 0 bridgehead atoms. The van der Waals surface area contributed by atoms with Crippen molar-refractivity contribution in [2.45, 2.75) is 25.7 Å². The first-order valence-electron chi connectivity index (χ1n) is 8.45. The monoisotopic (exact) mass is 316 g/mol. The van der Waals surface area contributed by atoms with Crippen molar-refractivity contribution in [1.82, 2.24) is 9.97 Å². The van der Waals surface area contributed by atoms with Crippen LogP contribution in [0.2, 0.25) is 0 Å². The van der Waals surface area contributed by atoms with Gasteiger partial charge in [-0.05, 0) is 48.9 Å². The molecule has 1 saturated heterocycles. The second-order valence-electron chi connectivity index (χ2n) is 6.50. The molecule has 0 atom stereocenters. The van der Waals surface area contributed by atoms with E-state index in [0.717, 1.165) is 37.3 Å².